The highest BCUT2D eigenvalue weighted by atomic mass is 35.5. The Balaban J connectivity index is 2.09. The van der Waals surface area contributed by atoms with E-state index in [0.29, 0.717) is 6.07 Å². The number of esters is 1. The summed E-state index contributed by atoms with van der Waals surface area (Å²) in [5, 5.41) is -0.306. The van der Waals surface area contributed by atoms with E-state index in [1.54, 1.807) is 0 Å². The van der Waals surface area contributed by atoms with Crippen LogP contribution in [0, 0.1) is 5.82 Å². The molecule has 0 fully saturated rings. The van der Waals surface area contributed by atoms with E-state index in [1.807, 2.05) is 0 Å². The van der Waals surface area contributed by atoms with Gasteiger partial charge in [0, 0.05) is 26.3 Å². The van der Waals surface area contributed by atoms with Gasteiger partial charge in [-0.25, -0.2) is 18.5 Å². The first-order valence-electron chi connectivity index (χ1n) is 9.83. The fraction of sp³-hybridized carbons (Fsp3) is 0.227. The van der Waals surface area contributed by atoms with Crippen LogP contribution in [0.25, 0.3) is 5.69 Å². The summed E-state index contributed by atoms with van der Waals surface area (Å²) < 4.78 is 75.1. The molecule has 3 aromatic rings. The van der Waals surface area contributed by atoms with Gasteiger partial charge >= 0.3 is 17.8 Å². The lowest BCUT2D eigenvalue weighted by Gasteiger charge is -2.18. The Bertz CT molecular complexity index is 1420. The molecular weight excluding hydrogens is 516 g/mol. The fourth-order valence-electron chi connectivity index (χ4n) is 3.04. The van der Waals surface area contributed by atoms with Crippen LogP contribution in [0.15, 0.2) is 52.1 Å². The maximum Gasteiger partial charge on any atom is 0.431 e. The first-order valence-corrected chi connectivity index (χ1v) is 10.2. The number of carbonyl (C=O) groups is 1. The van der Waals surface area contributed by atoms with Crippen LogP contribution < -0.4 is 20.7 Å². The number of methoxy groups -OCH3 is 2. The van der Waals surface area contributed by atoms with E-state index in [0.717, 1.165) is 20.2 Å². The van der Waals surface area contributed by atoms with Crippen molar-refractivity contribution in [2.45, 2.75) is 12.5 Å². The summed E-state index contributed by atoms with van der Waals surface area (Å²) in [7, 11) is 3.09. The number of halogens is 5. The first-order chi connectivity index (χ1) is 16.9. The van der Waals surface area contributed by atoms with Crippen LogP contribution in [0.2, 0.25) is 5.02 Å². The van der Waals surface area contributed by atoms with Crippen molar-refractivity contribution in [3.63, 3.8) is 0 Å². The maximum atomic E-state index is 14.7. The van der Waals surface area contributed by atoms with Crippen molar-refractivity contribution in [3.05, 3.63) is 79.8 Å². The second kappa shape index (κ2) is 10.4. The van der Waals surface area contributed by atoms with Gasteiger partial charge in [0.15, 0.2) is 11.5 Å². The zero-order valence-corrected chi connectivity index (χ0v) is 19.5. The summed E-state index contributed by atoms with van der Waals surface area (Å²) in [6.45, 7) is 0. The van der Waals surface area contributed by atoms with Gasteiger partial charge < -0.3 is 18.9 Å². The number of carbonyl (C=O) groups excluding carboxylic acids is 1. The molecule has 0 spiro atoms. The molecule has 0 N–H and O–H groups in total. The number of nitrogens with zero attached hydrogens (tertiary/aromatic N) is 2. The lowest BCUT2D eigenvalue weighted by atomic mass is 10.2. The van der Waals surface area contributed by atoms with Crippen molar-refractivity contribution in [2.75, 3.05) is 14.2 Å². The second-order valence-electron chi connectivity index (χ2n) is 7.03. The third kappa shape index (κ3) is 5.36. The molecule has 1 unspecified atom stereocenters. The average Bonchev–Trinajstić information content (AvgIpc) is 2.82. The number of aromatic nitrogens is 2. The summed E-state index contributed by atoms with van der Waals surface area (Å²) in [6, 6.07) is 7.59. The van der Waals surface area contributed by atoms with E-state index in [2.05, 4.69) is 4.74 Å². The summed E-state index contributed by atoms with van der Waals surface area (Å²) in [4.78, 5) is 36.7. The predicted molar refractivity (Wildman–Crippen MR) is 117 cm³/mol. The zero-order chi connectivity index (χ0) is 26.8. The van der Waals surface area contributed by atoms with Crippen LogP contribution in [0.3, 0.4) is 0 Å². The minimum absolute atomic E-state index is 0.0284. The van der Waals surface area contributed by atoms with Crippen LogP contribution in [0.4, 0.5) is 17.6 Å². The van der Waals surface area contributed by atoms with Crippen molar-refractivity contribution in [1.82, 2.24) is 9.13 Å². The summed E-state index contributed by atoms with van der Waals surface area (Å²) in [5.74, 6) is -2.40. The molecule has 192 valence electrons. The van der Waals surface area contributed by atoms with Gasteiger partial charge in [0.25, 0.3) is 11.8 Å². The Hall–Kier alpha value is -3.84. The van der Waals surface area contributed by atoms with Crippen molar-refractivity contribution in [1.29, 1.82) is 0 Å². The van der Waals surface area contributed by atoms with E-state index in [1.165, 1.54) is 31.4 Å². The molecule has 14 heteroatoms. The SMILES string of the molecule is COC(=O)C(OC)Oc1ccccc1Oc1cc(-n2c(=O)cc(C(F)(F)F)n(C)c2=O)c(F)cc1Cl. The highest BCUT2D eigenvalue weighted by Gasteiger charge is 2.35. The Morgan fingerprint density at radius 1 is 1.03 bits per heavy atom. The zero-order valence-electron chi connectivity index (χ0n) is 18.8. The molecule has 0 amide bonds. The number of hydrogen-bond donors (Lipinski definition) is 0. The van der Waals surface area contributed by atoms with E-state index in [9.17, 15) is 31.9 Å². The molecule has 3 rings (SSSR count). The molecule has 0 saturated heterocycles. The Kier molecular flexibility index (Phi) is 7.74. The average molecular weight is 533 g/mol. The number of rotatable bonds is 7. The van der Waals surface area contributed by atoms with Gasteiger partial charge in [-0.3, -0.25) is 9.36 Å². The van der Waals surface area contributed by atoms with Gasteiger partial charge in [-0.15, -0.1) is 0 Å². The third-order valence-electron chi connectivity index (χ3n) is 4.76. The monoisotopic (exact) mass is 532 g/mol. The van der Waals surface area contributed by atoms with Crippen LogP contribution >= 0.6 is 11.6 Å². The van der Waals surface area contributed by atoms with E-state index >= 15 is 0 Å². The van der Waals surface area contributed by atoms with Crippen LogP contribution in [0.5, 0.6) is 17.2 Å². The van der Waals surface area contributed by atoms with Crippen molar-refractivity contribution in [2.24, 2.45) is 7.05 Å². The first kappa shape index (κ1) is 26.8. The lowest BCUT2D eigenvalue weighted by Crippen LogP contribution is -2.41. The highest BCUT2D eigenvalue weighted by Crippen LogP contribution is 2.37. The molecule has 2 aromatic carbocycles. The Morgan fingerprint density at radius 3 is 2.25 bits per heavy atom. The maximum absolute atomic E-state index is 14.7. The van der Waals surface area contributed by atoms with Crippen LogP contribution in [0.1, 0.15) is 5.69 Å². The topological polar surface area (TPSA) is 98.0 Å². The molecule has 36 heavy (non-hydrogen) atoms. The number of alkyl halides is 3. The van der Waals surface area contributed by atoms with Crippen molar-refractivity contribution >= 4 is 17.6 Å². The third-order valence-corrected chi connectivity index (χ3v) is 5.06. The van der Waals surface area contributed by atoms with Gasteiger partial charge in [0.2, 0.25) is 0 Å². The van der Waals surface area contributed by atoms with E-state index < -0.39 is 46.9 Å². The van der Waals surface area contributed by atoms with Crippen LogP contribution in [-0.4, -0.2) is 35.6 Å². The number of ether oxygens (including phenoxy) is 4. The minimum Gasteiger partial charge on any atom is -0.464 e. The Morgan fingerprint density at radius 2 is 1.67 bits per heavy atom. The molecule has 1 atom stereocenters. The number of para-hydroxylation sites is 2. The second-order valence-corrected chi connectivity index (χ2v) is 7.44. The van der Waals surface area contributed by atoms with Gasteiger partial charge in [-0.2, -0.15) is 13.2 Å². The molecular formula is C22H17ClF4N2O7. The molecule has 0 radical (unpaired) electrons. The molecule has 0 saturated carbocycles. The predicted octanol–water partition coefficient (Wildman–Crippen LogP) is 3.66. The quantitative estimate of drug-likeness (QED) is 0.260. The fourth-order valence-corrected chi connectivity index (χ4v) is 3.23. The van der Waals surface area contributed by atoms with Gasteiger partial charge in [0.05, 0.1) is 17.8 Å². The number of benzene rings is 2. The van der Waals surface area contributed by atoms with Gasteiger partial charge in [-0.1, -0.05) is 23.7 Å². The van der Waals surface area contributed by atoms with E-state index in [-0.39, 0.29) is 37.5 Å². The summed E-state index contributed by atoms with van der Waals surface area (Å²) in [6.07, 6.45) is -6.46. The Labute approximate surface area is 204 Å². The number of hydrogen-bond acceptors (Lipinski definition) is 7. The van der Waals surface area contributed by atoms with Crippen molar-refractivity contribution < 1.29 is 41.3 Å². The minimum atomic E-state index is -4.99. The molecule has 0 aliphatic carbocycles. The standard InChI is InChI=1S/C22H17ClF4N2O7/c1-28-17(22(25,26)27)10-18(30)29(21(28)32)13-9-16(11(23)8-12(13)24)35-14-6-4-5-7-15(14)36-20(34-3)19(31)33-2/h4-10,20H,1-3H3. The molecule has 0 bridgehead atoms. The molecule has 1 aromatic heterocycles. The lowest BCUT2D eigenvalue weighted by molar-refractivity contribution is -0.170. The summed E-state index contributed by atoms with van der Waals surface area (Å²) >= 11 is 6.07. The molecule has 0 aliphatic heterocycles. The molecule has 0 aliphatic rings. The highest BCUT2D eigenvalue weighted by molar-refractivity contribution is 6.32. The largest absolute Gasteiger partial charge is 0.464 e. The van der Waals surface area contributed by atoms with E-state index in [4.69, 9.17) is 25.8 Å². The molecule has 9 nitrogen and oxygen atoms in total. The van der Waals surface area contributed by atoms with Gasteiger partial charge in [-0.05, 0) is 18.2 Å². The smallest absolute Gasteiger partial charge is 0.431 e. The molecule has 1 heterocycles. The summed E-state index contributed by atoms with van der Waals surface area (Å²) in [5.41, 5.74) is -5.10. The van der Waals surface area contributed by atoms with Crippen molar-refractivity contribution in [3.8, 4) is 22.9 Å². The normalized spacial score (nSPS) is 12.2. The van der Waals surface area contributed by atoms with Gasteiger partial charge in [0.1, 0.15) is 17.3 Å². The van der Waals surface area contributed by atoms with Crippen LogP contribution in [-0.2, 0) is 27.5 Å².